The molecule has 0 amide bonds. The molecule has 1 aromatic carbocycles. The summed E-state index contributed by atoms with van der Waals surface area (Å²) >= 11 is 12.4. The zero-order chi connectivity index (χ0) is 29.6. The molecule has 4 rings (SSSR count). The van der Waals surface area contributed by atoms with Crippen molar-refractivity contribution in [2.24, 2.45) is 0 Å². The second-order valence-electron chi connectivity index (χ2n) is 11.7. The first-order valence-corrected chi connectivity index (χ1v) is 18.5. The predicted molar refractivity (Wildman–Crippen MR) is 159 cm³/mol. The van der Waals surface area contributed by atoms with Gasteiger partial charge in [-0.25, -0.2) is 4.79 Å². The molecule has 2 aliphatic heterocycles. The summed E-state index contributed by atoms with van der Waals surface area (Å²) in [5.74, 6) is 0.210. The zero-order valence-corrected chi connectivity index (χ0v) is 27.8. The van der Waals surface area contributed by atoms with Crippen LogP contribution in [0.2, 0.25) is 32.2 Å². The maximum Gasteiger partial charge on any atom is 0.353 e. The van der Waals surface area contributed by atoms with E-state index in [9.17, 15) is 9.90 Å². The smallest absolute Gasteiger partial charge is 0.353 e. The van der Waals surface area contributed by atoms with Crippen LogP contribution in [0.5, 0.6) is 11.6 Å². The third-order valence-electron chi connectivity index (χ3n) is 7.85. The Kier molecular flexibility index (Phi) is 9.60. The Balaban J connectivity index is 1.67. The number of hydrogen-bond donors (Lipinski definition) is 1. The number of ether oxygens (including phenoxy) is 2. The molecule has 2 saturated heterocycles. The van der Waals surface area contributed by atoms with E-state index in [1.807, 2.05) is 0 Å². The Hall–Kier alpha value is -1.29. The number of aliphatic hydroxyl groups excluding tert-OH is 1. The number of hydrogen-bond acceptors (Lipinski definition) is 8. The monoisotopic (exact) mass is 630 g/mol. The van der Waals surface area contributed by atoms with Gasteiger partial charge in [0, 0.05) is 12.3 Å². The van der Waals surface area contributed by atoms with Crippen molar-refractivity contribution >= 4 is 40.3 Å². The van der Waals surface area contributed by atoms with Gasteiger partial charge < -0.3 is 27.5 Å². The fourth-order valence-electron chi connectivity index (χ4n) is 5.70. The summed E-state index contributed by atoms with van der Waals surface area (Å²) in [6.45, 7) is 17.2. The average Bonchev–Trinajstić information content (AvgIpc) is 3.15. The van der Waals surface area contributed by atoms with Crippen LogP contribution in [-0.4, -0.2) is 56.7 Å². The van der Waals surface area contributed by atoms with E-state index in [1.165, 1.54) is 16.8 Å². The van der Waals surface area contributed by atoms with E-state index in [4.69, 9.17) is 45.6 Å². The lowest BCUT2D eigenvalue weighted by Gasteiger charge is -2.51. The number of aliphatic hydroxyl groups is 1. The van der Waals surface area contributed by atoms with Crippen molar-refractivity contribution in [2.75, 3.05) is 6.61 Å². The minimum absolute atomic E-state index is 0.0124. The Morgan fingerprint density at radius 2 is 1.55 bits per heavy atom. The highest BCUT2D eigenvalue weighted by Crippen LogP contribution is 2.48. The normalized spacial score (nSPS) is 26.3. The Morgan fingerprint density at radius 3 is 2.08 bits per heavy atom. The van der Waals surface area contributed by atoms with Crippen LogP contribution in [-0.2, 0) is 17.7 Å². The number of fused-ring (bicyclic) bond motifs is 1. The van der Waals surface area contributed by atoms with Crippen molar-refractivity contribution in [2.45, 2.75) is 102 Å². The highest BCUT2D eigenvalue weighted by Gasteiger charge is 2.61. The number of rotatable bonds is 7. The lowest BCUT2D eigenvalue weighted by atomic mass is 10.1. The standard InChI is InChI=1S/C27H40Cl2N2O7Si2/c1-15(2)39(16(3)4)34-14-21-25(37-40(38-39,17(5)6)18(7)8)23(32)26(35-21)31-13-12-22(30-27(31)33)36-24-19(28)10-9-11-20(24)29/h9-13,15-18,21,23,25-26,32H,14H2,1-8H3/t21-,23-,25-,26-/m1/s1. The van der Waals surface area contributed by atoms with Gasteiger partial charge >= 0.3 is 22.8 Å². The zero-order valence-electron chi connectivity index (χ0n) is 24.3. The fraction of sp³-hybridized carbons (Fsp3) is 0.630. The summed E-state index contributed by atoms with van der Waals surface area (Å²) in [5, 5.41) is 12.1. The van der Waals surface area contributed by atoms with Crippen LogP contribution in [0.15, 0.2) is 35.3 Å². The summed E-state index contributed by atoms with van der Waals surface area (Å²) in [7, 11) is -5.74. The average molecular weight is 632 g/mol. The van der Waals surface area contributed by atoms with Crippen LogP contribution in [0.25, 0.3) is 0 Å². The van der Waals surface area contributed by atoms with Gasteiger partial charge in [-0.05, 0) is 34.3 Å². The lowest BCUT2D eigenvalue weighted by molar-refractivity contribution is -0.0601. The van der Waals surface area contributed by atoms with E-state index in [1.54, 1.807) is 18.2 Å². The largest absolute Gasteiger partial charge is 0.436 e. The molecule has 2 aromatic rings. The van der Waals surface area contributed by atoms with Gasteiger partial charge in [0.1, 0.15) is 18.3 Å². The van der Waals surface area contributed by atoms with Crippen LogP contribution in [0.4, 0.5) is 0 Å². The first-order valence-electron chi connectivity index (χ1n) is 13.8. The van der Waals surface area contributed by atoms with Crippen LogP contribution >= 0.6 is 23.2 Å². The van der Waals surface area contributed by atoms with Crippen molar-refractivity contribution < 1.29 is 27.5 Å². The molecule has 1 N–H and O–H groups in total. The van der Waals surface area contributed by atoms with Crippen LogP contribution < -0.4 is 10.4 Å². The Bertz CT molecular complexity index is 1220. The molecule has 1 aromatic heterocycles. The molecule has 0 aliphatic carbocycles. The molecule has 0 saturated carbocycles. The minimum atomic E-state index is -2.97. The minimum Gasteiger partial charge on any atom is -0.436 e. The summed E-state index contributed by atoms with van der Waals surface area (Å²) in [6, 6.07) is 6.43. The molecular formula is C27H40Cl2N2O7Si2. The van der Waals surface area contributed by atoms with E-state index in [2.05, 4.69) is 60.4 Å². The quantitative estimate of drug-likeness (QED) is 0.343. The van der Waals surface area contributed by atoms with Crippen molar-refractivity contribution in [3.8, 4) is 11.6 Å². The van der Waals surface area contributed by atoms with E-state index in [0.717, 1.165) is 0 Å². The molecule has 222 valence electrons. The molecule has 0 radical (unpaired) electrons. The Morgan fingerprint density at radius 1 is 0.975 bits per heavy atom. The topological polar surface area (TPSA) is 101 Å². The van der Waals surface area contributed by atoms with Crippen molar-refractivity contribution in [1.82, 2.24) is 9.55 Å². The summed E-state index contributed by atoms with van der Waals surface area (Å²) in [6.07, 6.45) is -2.05. The van der Waals surface area contributed by atoms with Crippen molar-refractivity contribution in [3.63, 3.8) is 0 Å². The molecule has 2 aliphatic rings. The summed E-state index contributed by atoms with van der Waals surface area (Å²) < 4.78 is 34.1. The predicted octanol–water partition coefficient (Wildman–Crippen LogP) is 6.56. The molecular weight excluding hydrogens is 591 g/mol. The number of nitrogens with zero attached hydrogens (tertiary/aromatic N) is 2. The Labute approximate surface area is 248 Å². The lowest BCUT2D eigenvalue weighted by Crippen LogP contribution is -2.65. The second-order valence-corrected chi connectivity index (χ2v) is 21.4. The van der Waals surface area contributed by atoms with Gasteiger partial charge in [0.05, 0.1) is 16.7 Å². The third kappa shape index (κ3) is 5.69. The van der Waals surface area contributed by atoms with E-state index >= 15 is 0 Å². The molecule has 2 fully saturated rings. The number of aromatic nitrogens is 2. The maximum absolute atomic E-state index is 13.1. The molecule has 4 atom stereocenters. The van der Waals surface area contributed by atoms with Gasteiger partial charge in [0.15, 0.2) is 12.0 Å². The summed E-state index contributed by atoms with van der Waals surface area (Å²) in [5.41, 5.74) is -0.151. The molecule has 40 heavy (non-hydrogen) atoms. The van der Waals surface area contributed by atoms with Gasteiger partial charge in [-0.15, -0.1) is 0 Å². The highest BCUT2D eigenvalue weighted by atomic mass is 35.5. The van der Waals surface area contributed by atoms with Gasteiger partial charge in [-0.3, -0.25) is 4.57 Å². The van der Waals surface area contributed by atoms with E-state index in [0.29, 0.717) is 0 Å². The number of halogens is 2. The molecule has 3 heterocycles. The van der Waals surface area contributed by atoms with Gasteiger partial charge in [0.25, 0.3) is 0 Å². The first-order chi connectivity index (χ1) is 18.7. The van der Waals surface area contributed by atoms with Crippen LogP contribution in [0.1, 0.15) is 61.6 Å². The van der Waals surface area contributed by atoms with Crippen LogP contribution in [0, 0.1) is 0 Å². The third-order valence-corrected chi connectivity index (χ3v) is 18.7. The number of para-hydroxylation sites is 1. The van der Waals surface area contributed by atoms with Crippen LogP contribution in [0.3, 0.4) is 0 Å². The molecule has 0 spiro atoms. The SMILES string of the molecule is CC(C)[Si]1(C(C)C)OC[C@H]2O[C@@H](n3ccc(Oc4c(Cl)cccc4Cl)nc3=O)[C@H](O)[C@@H]2O[Si](C(C)C)(C(C)C)O1. The van der Waals surface area contributed by atoms with Gasteiger partial charge in [-0.2, -0.15) is 4.98 Å². The van der Waals surface area contributed by atoms with Gasteiger partial charge in [-0.1, -0.05) is 84.7 Å². The molecule has 13 heteroatoms. The fourth-order valence-corrected chi connectivity index (χ4v) is 17.4. The van der Waals surface area contributed by atoms with Crippen molar-refractivity contribution in [3.05, 3.63) is 51.0 Å². The summed E-state index contributed by atoms with van der Waals surface area (Å²) in [4.78, 5) is 17.2. The molecule has 0 unspecified atom stereocenters. The highest BCUT2D eigenvalue weighted by molar-refractivity contribution is 6.84. The second kappa shape index (κ2) is 12.1. The molecule has 0 bridgehead atoms. The van der Waals surface area contributed by atoms with Crippen molar-refractivity contribution in [1.29, 1.82) is 0 Å². The first kappa shape index (κ1) is 31.6. The number of benzene rings is 1. The van der Waals surface area contributed by atoms with E-state index < -0.39 is 47.4 Å². The van der Waals surface area contributed by atoms with Gasteiger partial charge in [0.2, 0.25) is 5.88 Å². The maximum atomic E-state index is 13.1. The van der Waals surface area contributed by atoms with E-state index in [-0.39, 0.29) is 50.4 Å². The molecule has 9 nitrogen and oxygen atoms in total.